The first-order valence-corrected chi connectivity index (χ1v) is 5.95. The number of nitrogens with zero attached hydrogens (tertiary/aromatic N) is 3. The Kier molecular flexibility index (Phi) is 2.35. The van der Waals surface area contributed by atoms with Gasteiger partial charge in [0.15, 0.2) is 0 Å². The van der Waals surface area contributed by atoms with Crippen molar-refractivity contribution >= 4 is 5.69 Å². The minimum absolute atomic E-state index is 0.367. The smallest absolute Gasteiger partial charge is 0.147 e. The molecule has 1 aromatic carbocycles. The molecule has 88 valence electrons. The van der Waals surface area contributed by atoms with Crippen LogP contribution in [0.4, 0.5) is 5.69 Å². The number of nitrogens with one attached hydrogen (secondary N) is 1. The van der Waals surface area contributed by atoms with Crippen molar-refractivity contribution in [2.45, 2.75) is 26.3 Å². The van der Waals surface area contributed by atoms with E-state index in [0.717, 1.165) is 24.6 Å². The Labute approximate surface area is 101 Å². The number of aromatic nitrogens is 3. The fourth-order valence-electron chi connectivity index (χ4n) is 2.48. The zero-order valence-electron chi connectivity index (χ0n) is 10.1. The van der Waals surface area contributed by atoms with Crippen LogP contribution in [0.3, 0.4) is 0 Å². The van der Waals surface area contributed by atoms with Crippen molar-refractivity contribution in [3.05, 3.63) is 41.5 Å². The SMILES string of the molecule is Cc1nc(C)n(C2CNc3ccccc3C2)n1. The van der Waals surface area contributed by atoms with Crippen LogP contribution in [-0.4, -0.2) is 21.3 Å². The lowest BCUT2D eigenvalue weighted by Crippen LogP contribution is -2.27. The average molecular weight is 228 g/mol. The number of hydrogen-bond acceptors (Lipinski definition) is 3. The van der Waals surface area contributed by atoms with Crippen LogP contribution in [-0.2, 0) is 6.42 Å². The highest BCUT2D eigenvalue weighted by molar-refractivity contribution is 5.53. The molecule has 1 aromatic heterocycles. The first-order chi connectivity index (χ1) is 8.24. The van der Waals surface area contributed by atoms with Gasteiger partial charge < -0.3 is 5.32 Å². The Morgan fingerprint density at radius 2 is 2.12 bits per heavy atom. The number of hydrogen-bond donors (Lipinski definition) is 1. The summed E-state index contributed by atoms with van der Waals surface area (Å²) >= 11 is 0. The Bertz CT molecular complexity index is 544. The summed E-state index contributed by atoms with van der Waals surface area (Å²) in [6.07, 6.45) is 1.02. The van der Waals surface area contributed by atoms with Crippen LogP contribution < -0.4 is 5.32 Å². The molecule has 1 N–H and O–H groups in total. The van der Waals surface area contributed by atoms with Gasteiger partial charge in [-0.1, -0.05) is 18.2 Å². The summed E-state index contributed by atoms with van der Waals surface area (Å²) < 4.78 is 2.04. The fraction of sp³-hybridized carbons (Fsp3) is 0.385. The minimum atomic E-state index is 0.367. The van der Waals surface area contributed by atoms with Crippen molar-refractivity contribution in [3.8, 4) is 0 Å². The summed E-state index contributed by atoms with van der Waals surface area (Å²) in [7, 11) is 0. The lowest BCUT2D eigenvalue weighted by Gasteiger charge is -2.26. The molecule has 0 saturated carbocycles. The normalized spacial score (nSPS) is 18.6. The molecule has 2 heterocycles. The van der Waals surface area contributed by atoms with E-state index in [9.17, 15) is 0 Å². The number of rotatable bonds is 1. The number of benzene rings is 1. The van der Waals surface area contributed by atoms with Crippen molar-refractivity contribution in [3.63, 3.8) is 0 Å². The van der Waals surface area contributed by atoms with Crippen LogP contribution in [0.25, 0.3) is 0 Å². The number of aryl methyl sites for hydroxylation is 2. The van der Waals surface area contributed by atoms with Gasteiger partial charge in [0.2, 0.25) is 0 Å². The Hall–Kier alpha value is -1.84. The van der Waals surface area contributed by atoms with Gasteiger partial charge in [-0.2, -0.15) is 5.10 Å². The van der Waals surface area contributed by atoms with Crippen LogP contribution in [0.5, 0.6) is 0 Å². The largest absolute Gasteiger partial charge is 0.383 e. The van der Waals surface area contributed by atoms with E-state index in [2.05, 4.69) is 39.7 Å². The molecule has 0 aliphatic carbocycles. The lowest BCUT2D eigenvalue weighted by molar-refractivity contribution is 0.448. The molecule has 17 heavy (non-hydrogen) atoms. The van der Waals surface area contributed by atoms with Crippen LogP contribution in [0.1, 0.15) is 23.3 Å². The second kappa shape index (κ2) is 3.87. The van der Waals surface area contributed by atoms with E-state index in [0.29, 0.717) is 6.04 Å². The molecule has 0 saturated heterocycles. The van der Waals surface area contributed by atoms with Crippen LogP contribution >= 0.6 is 0 Å². The molecule has 1 aliphatic heterocycles. The summed E-state index contributed by atoms with van der Waals surface area (Å²) in [5.74, 6) is 1.84. The maximum absolute atomic E-state index is 4.47. The van der Waals surface area contributed by atoms with E-state index in [1.165, 1.54) is 11.3 Å². The second-order valence-electron chi connectivity index (χ2n) is 4.55. The first-order valence-electron chi connectivity index (χ1n) is 5.95. The molecular formula is C13H16N4. The maximum Gasteiger partial charge on any atom is 0.147 e. The van der Waals surface area contributed by atoms with Crippen molar-refractivity contribution in [1.82, 2.24) is 14.8 Å². The Morgan fingerprint density at radius 1 is 1.29 bits per heavy atom. The van der Waals surface area contributed by atoms with Crippen molar-refractivity contribution in [1.29, 1.82) is 0 Å². The van der Waals surface area contributed by atoms with Gasteiger partial charge in [0.1, 0.15) is 11.6 Å². The molecule has 1 atom stereocenters. The summed E-state index contributed by atoms with van der Waals surface area (Å²) in [4.78, 5) is 4.37. The van der Waals surface area contributed by atoms with Gasteiger partial charge in [0.25, 0.3) is 0 Å². The van der Waals surface area contributed by atoms with E-state index in [1.54, 1.807) is 0 Å². The lowest BCUT2D eigenvalue weighted by atomic mass is 10.00. The molecule has 0 fully saturated rings. The van der Waals surface area contributed by atoms with E-state index in [-0.39, 0.29) is 0 Å². The Morgan fingerprint density at radius 3 is 2.88 bits per heavy atom. The van der Waals surface area contributed by atoms with Gasteiger partial charge >= 0.3 is 0 Å². The predicted molar refractivity (Wildman–Crippen MR) is 67.2 cm³/mol. The van der Waals surface area contributed by atoms with Gasteiger partial charge in [-0.15, -0.1) is 0 Å². The second-order valence-corrected chi connectivity index (χ2v) is 4.55. The number of fused-ring (bicyclic) bond motifs is 1. The first kappa shape index (κ1) is 10.3. The molecule has 3 rings (SSSR count). The van der Waals surface area contributed by atoms with Crippen molar-refractivity contribution < 1.29 is 0 Å². The van der Waals surface area contributed by atoms with Gasteiger partial charge in [0.05, 0.1) is 6.04 Å². The molecule has 0 amide bonds. The van der Waals surface area contributed by atoms with Crippen molar-refractivity contribution in [2.24, 2.45) is 0 Å². The van der Waals surface area contributed by atoms with E-state index in [1.807, 2.05) is 18.5 Å². The highest BCUT2D eigenvalue weighted by Crippen LogP contribution is 2.26. The molecule has 0 radical (unpaired) electrons. The minimum Gasteiger partial charge on any atom is -0.383 e. The molecule has 4 heteroatoms. The van der Waals surface area contributed by atoms with Gasteiger partial charge in [0, 0.05) is 12.2 Å². The fourth-order valence-corrected chi connectivity index (χ4v) is 2.48. The highest BCUT2D eigenvalue weighted by Gasteiger charge is 2.21. The third-order valence-corrected chi connectivity index (χ3v) is 3.25. The molecule has 1 aliphatic rings. The summed E-state index contributed by atoms with van der Waals surface area (Å²) in [5.41, 5.74) is 2.61. The maximum atomic E-state index is 4.47. The average Bonchev–Trinajstić information content (AvgIpc) is 2.68. The number of para-hydroxylation sites is 1. The Balaban J connectivity index is 1.92. The quantitative estimate of drug-likeness (QED) is 0.812. The predicted octanol–water partition coefficient (Wildman–Crippen LogP) is 2.10. The zero-order valence-corrected chi connectivity index (χ0v) is 10.1. The van der Waals surface area contributed by atoms with E-state index in [4.69, 9.17) is 0 Å². The van der Waals surface area contributed by atoms with Gasteiger partial charge in [-0.05, 0) is 31.9 Å². The van der Waals surface area contributed by atoms with E-state index >= 15 is 0 Å². The standard InChI is InChI=1S/C13H16N4/c1-9-15-10(2)17(16-9)12-7-11-5-3-4-6-13(11)14-8-12/h3-6,12,14H,7-8H2,1-2H3. The van der Waals surface area contributed by atoms with Crippen LogP contribution in [0, 0.1) is 13.8 Å². The van der Waals surface area contributed by atoms with Crippen LogP contribution in [0.15, 0.2) is 24.3 Å². The molecular weight excluding hydrogens is 212 g/mol. The summed E-state index contributed by atoms with van der Waals surface area (Å²) in [5, 5.41) is 7.93. The zero-order chi connectivity index (χ0) is 11.8. The van der Waals surface area contributed by atoms with Crippen LogP contribution in [0.2, 0.25) is 0 Å². The third kappa shape index (κ3) is 1.79. The molecule has 2 aromatic rings. The molecule has 0 bridgehead atoms. The van der Waals surface area contributed by atoms with Gasteiger partial charge in [-0.3, -0.25) is 0 Å². The highest BCUT2D eigenvalue weighted by atomic mass is 15.4. The third-order valence-electron chi connectivity index (χ3n) is 3.25. The summed E-state index contributed by atoms with van der Waals surface area (Å²) in [6, 6.07) is 8.82. The topological polar surface area (TPSA) is 42.7 Å². The molecule has 1 unspecified atom stereocenters. The monoisotopic (exact) mass is 228 g/mol. The molecule has 0 spiro atoms. The number of anilines is 1. The molecule has 4 nitrogen and oxygen atoms in total. The van der Waals surface area contributed by atoms with Crippen molar-refractivity contribution in [2.75, 3.05) is 11.9 Å². The summed E-state index contributed by atoms with van der Waals surface area (Å²) in [6.45, 7) is 4.87. The van der Waals surface area contributed by atoms with Gasteiger partial charge in [-0.25, -0.2) is 9.67 Å². The van der Waals surface area contributed by atoms with E-state index < -0.39 is 0 Å².